The van der Waals surface area contributed by atoms with Crippen molar-refractivity contribution in [3.8, 4) is 11.4 Å². The van der Waals surface area contributed by atoms with Gasteiger partial charge in [0.05, 0.1) is 12.1 Å². The lowest BCUT2D eigenvalue weighted by atomic mass is 10.0. The molecular formula is C22H19ClF6N6O4. The molecule has 1 amide bonds. The fourth-order valence-corrected chi connectivity index (χ4v) is 3.55. The number of oxime groups is 1. The van der Waals surface area contributed by atoms with Crippen molar-refractivity contribution in [1.82, 2.24) is 19.7 Å². The molecule has 1 unspecified atom stereocenters. The van der Waals surface area contributed by atoms with Gasteiger partial charge in [-0.25, -0.2) is 9.48 Å². The van der Waals surface area contributed by atoms with Gasteiger partial charge in [-0.2, -0.15) is 26.3 Å². The smallest absolute Gasteiger partial charge is 0.409 e. The molecule has 3 aromatic rings. The molecule has 10 nitrogen and oxygen atoms in total. The zero-order valence-corrected chi connectivity index (χ0v) is 20.2. The number of rotatable bonds is 8. The van der Waals surface area contributed by atoms with Gasteiger partial charge in [-0.3, -0.25) is 9.36 Å². The second-order valence-electron chi connectivity index (χ2n) is 8.09. The lowest BCUT2D eigenvalue weighted by molar-refractivity contribution is -0.207. The van der Waals surface area contributed by atoms with Crippen LogP contribution < -0.4 is 16.7 Å². The van der Waals surface area contributed by atoms with Gasteiger partial charge < -0.3 is 21.4 Å². The average Bonchev–Trinajstić information content (AvgIpc) is 3.16. The van der Waals surface area contributed by atoms with Gasteiger partial charge >= 0.3 is 18.0 Å². The molecule has 1 heterocycles. The lowest BCUT2D eigenvalue weighted by Gasteiger charge is -2.19. The summed E-state index contributed by atoms with van der Waals surface area (Å²) in [5.74, 6) is -2.11. The Morgan fingerprint density at radius 2 is 1.77 bits per heavy atom. The molecule has 0 aliphatic rings. The van der Waals surface area contributed by atoms with Crippen molar-refractivity contribution in [3.63, 3.8) is 0 Å². The van der Waals surface area contributed by atoms with Crippen LogP contribution >= 0.6 is 11.6 Å². The molecule has 2 aromatic carbocycles. The minimum absolute atomic E-state index is 0.128. The zero-order chi connectivity index (χ0) is 29.1. The van der Waals surface area contributed by atoms with Crippen LogP contribution in [0, 0.1) is 0 Å². The average molecular weight is 581 g/mol. The van der Waals surface area contributed by atoms with E-state index in [2.05, 4.69) is 15.6 Å². The summed E-state index contributed by atoms with van der Waals surface area (Å²) in [6, 6.07) is 7.44. The molecule has 0 radical (unpaired) electrons. The van der Waals surface area contributed by atoms with E-state index in [-0.39, 0.29) is 22.0 Å². The maximum absolute atomic E-state index is 13.1. The minimum Gasteiger partial charge on any atom is -0.409 e. The Hall–Kier alpha value is -4.05. The molecule has 17 heteroatoms. The van der Waals surface area contributed by atoms with Gasteiger partial charge in [0.15, 0.2) is 17.8 Å². The molecule has 0 aliphatic heterocycles. The van der Waals surface area contributed by atoms with Crippen molar-refractivity contribution in [2.24, 2.45) is 10.9 Å². The molecule has 210 valence electrons. The monoisotopic (exact) mass is 580 g/mol. The maximum atomic E-state index is 13.1. The first-order chi connectivity index (χ1) is 18.1. The second-order valence-corrected chi connectivity index (χ2v) is 8.52. The van der Waals surface area contributed by atoms with Crippen molar-refractivity contribution >= 4 is 23.3 Å². The number of carbonyl (C=O) groups is 1. The Morgan fingerprint density at radius 3 is 2.33 bits per heavy atom. The van der Waals surface area contributed by atoms with Crippen molar-refractivity contribution in [2.75, 3.05) is 0 Å². The zero-order valence-electron chi connectivity index (χ0n) is 19.4. The summed E-state index contributed by atoms with van der Waals surface area (Å²) in [5, 5.41) is 27.7. The van der Waals surface area contributed by atoms with Crippen molar-refractivity contribution < 1.29 is 41.5 Å². The number of aromatic nitrogens is 3. The molecule has 0 spiro atoms. The van der Waals surface area contributed by atoms with Crippen molar-refractivity contribution in [2.45, 2.75) is 37.6 Å². The van der Waals surface area contributed by atoms with E-state index in [9.17, 15) is 41.0 Å². The highest BCUT2D eigenvalue weighted by Gasteiger charge is 2.39. The summed E-state index contributed by atoms with van der Waals surface area (Å²) < 4.78 is 79.4. The van der Waals surface area contributed by atoms with Crippen LogP contribution in [0.2, 0.25) is 5.02 Å². The maximum Gasteiger partial charge on any atom is 0.416 e. The third-order valence-corrected chi connectivity index (χ3v) is 5.57. The summed E-state index contributed by atoms with van der Waals surface area (Å²) >= 11 is 5.82. The Kier molecular flexibility index (Phi) is 8.60. The highest BCUT2D eigenvalue weighted by Crippen LogP contribution is 2.31. The van der Waals surface area contributed by atoms with Gasteiger partial charge in [-0.1, -0.05) is 28.9 Å². The number of carbonyl (C=O) groups excluding carboxylic acids is 1. The first kappa shape index (κ1) is 29.5. The van der Waals surface area contributed by atoms with E-state index >= 15 is 0 Å². The molecule has 3 rings (SSSR count). The van der Waals surface area contributed by atoms with Gasteiger partial charge in [0.2, 0.25) is 5.91 Å². The molecule has 5 N–H and O–H groups in total. The number of halogens is 7. The third kappa shape index (κ3) is 7.08. The summed E-state index contributed by atoms with van der Waals surface area (Å²) in [7, 11) is 0. The van der Waals surface area contributed by atoms with Crippen LogP contribution in [0.1, 0.15) is 17.2 Å². The molecule has 2 atom stereocenters. The molecule has 0 saturated heterocycles. The number of hydrogen-bond donors (Lipinski definition) is 4. The number of alkyl halides is 6. The fourth-order valence-electron chi connectivity index (χ4n) is 3.42. The SMILES string of the molecule is N/C(=N\O)C(NC(=O)Cn1nc(-c2ccc(Cl)cc2)n(C[C@H](O)C(F)(F)F)c1=O)c1cccc(C(F)(F)F)c1. The van der Waals surface area contributed by atoms with Crippen LogP contribution in [-0.4, -0.2) is 48.7 Å². The van der Waals surface area contributed by atoms with Crippen molar-refractivity contribution in [1.29, 1.82) is 0 Å². The molecule has 1 aromatic heterocycles. The Morgan fingerprint density at radius 1 is 1.13 bits per heavy atom. The van der Waals surface area contributed by atoms with Gasteiger partial charge in [-0.15, -0.1) is 5.10 Å². The number of nitrogens with zero attached hydrogens (tertiary/aromatic N) is 4. The number of amides is 1. The van der Waals surface area contributed by atoms with Gasteiger partial charge in [-0.05, 0) is 42.0 Å². The van der Waals surface area contributed by atoms with E-state index in [1.54, 1.807) is 0 Å². The first-order valence-corrected chi connectivity index (χ1v) is 11.1. The van der Waals surface area contributed by atoms with Gasteiger partial charge in [0.1, 0.15) is 12.6 Å². The number of aliphatic hydroxyl groups is 1. The standard InChI is InChI=1S/C22H19ClF6N6O4/c23-14-6-4-11(5-7-14)19-32-35(20(38)34(19)9-15(36)22(27,28)29)10-16(37)31-17(18(30)33-39)12-2-1-3-13(8-12)21(24,25)26/h1-8,15,17,36,39H,9-10H2,(H2,30,33)(H,31,37)/t15-,17?/m0/s1. The number of aliphatic hydroxyl groups excluding tert-OH is 1. The predicted octanol–water partition coefficient (Wildman–Crippen LogP) is 2.91. The van der Waals surface area contributed by atoms with Crippen molar-refractivity contribution in [3.05, 3.63) is 75.2 Å². The van der Waals surface area contributed by atoms with Crippen LogP contribution in [0.5, 0.6) is 0 Å². The predicted molar refractivity (Wildman–Crippen MR) is 125 cm³/mol. The second kappa shape index (κ2) is 11.4. The summed E-state index contributed by atoms with van der Waals surface area (Å²) in [5.41, 5.74) is 3.17. The quantitative estimate of drug-likeness (QED) is 0.106. The number of nitrogens with one attached hydrogen (secondary N) is 1. The van der Waals surface area contributed by atoms with E-state index in [1.165, 1.54) is 24.3 Å². The first-order valence-electron chi connectivity index (χ1n) is 10.7. The van der Waals surface area contributed by atoms with Crippen LogP contribution in [0.15, 0.2) is 58.5 Å². The fraction of sp³-hybridized carbons (Fsp3) is 0.273. The van der Waals surface area contributed by atoms with Crippen LogP contribution in [-0.2, 0) is 24.1 Å². The normalized spacial score (nSPS) is 14.2. The van der Waals surface area contributed by atoms with E-state index in [1.807, 2.05) is 0 Å². The number of amidine groups is 1. The number of nitrogens with two attached hydrogens (primary N) is 1. The largest absolute Gasteiger partial charge is 0.416 e. The van der Waals surface area contributed by atoms with E-state index < -0.39 is 60.6 Å². The lowest BCUT2D eigenvalue weighted by Crippen LogP contribution is -2.41. The Balaban J connectivity index is 1.96. The molecule has 39 heavy (non-hydrogen) atoms. The summed E-state index contributed by atoms with van der Waals surface area (Å²) in [6.07, 6.45) is -12.8. The summed E-state index contributed by atoms with van der Waals surface area (Å²) in [6.45, 7) is -2.18. The summed E-state index contributed by atoms with van der Waals surface area (Å²) in [4.78, 5) is 25.6. The molecule has 0 bridgehead atoms. The Labute approximate surface area is 219 Å². The highest BCUT2D eigenvalue weighted by atomic mass is 35.5. The van der Waals surface area contributed by atoms with Crippen LogP contribution in [0.3, 0.4) is 0 Å². The van der Waals surface area contributed by atoms with E-state index in [4.69, 9.17) is 22.5 Å². The van der Waals surface area contributed by atoms with E-state index in [0.29, 0.717) is 15.3 Å². The van der Waals surface area contributed by atoms with Gasteiger partial charge in [0.25, 0.3) is 0 Å². The molecular weight excluding hydrogens is 562 g/mol. The number of hydrogen-bond acceptors (Lipinski definition) is 6. The van der Waals surface area contributed by atoms with Crippen LogP contribution in [0.25, 0.3) is 11.4 Å². The third-order valence-electron chi connectivity index (χ3n) is 5.32. The molecule has 0 aliphatic carbocycles. The highest BCUT2D eigenvalue weighted by molar-refractivity contribution is 6.30. The van der Waals surface area contributed by atoms with E-state index in [0.717, 1.165) is 18.2 Å². The Bertz CT molecular complexity index is 1420. The minimum atomic E-state index is -5.07. The van der Waals surface area contributed by atoms with Gasteiger partial charge in [0, 0.05) is 10.6 Å². The topological polar surface area (TPSA) is 148 Å². The molecule has 0 fully saturated rings. The number of benzene rings is 2. The van der Waals surface area contributed by atoms with Crippen LogP contribution in [0.4, 0.5) is 26.3 Å². The molecule has 0 saturated carbocycles.